The van der Waals surface area contributed by atoms with E-state index >= 15 is 0 Å². The maximum Gasteiger partial charge on any atom is 0.303 e. The first-order chi connectivity index (χ1) is 8.09. The number of aliphatic carboxylic acids is 1. The molecule has 0 bridgehead atoms. The molecule has 1 rings (SSSR count). The standard InChI is InChI=1S/C13H25NO3/c1-10(2)9-12-11(5-4-8-17-12)14-7-3-6-13(15)16/h10-12,14H,3-9H2,1-2H3,(H,15,16). The molecule has 4 nitrogen and oxygen atoms in total. The van der Waals surface area contributed by atoms with E-state index in [-0.39, 0.29) is 6.42 Å². The first-order valence-electron chi connectivity index (χ1n) is 6.66. The van der Waals surface area contributed by atoms with Gasteiger partial charge < -0.3 is 15.2 Å². The Morgan fingerprint density at radius 1 is 1.53 bits per heavy atom. The zero-order valence-electron chi connectivity index (χ0n) is 10.9. The first-order valence-corrected chi connectivity index (χ1v) is 6.66. The Hall–Kier alpha value is -0.610. The van der Waals surface area contributed by atoms with Crippen LogP contribution in [0.5, 0.6) is 0 Å². The van der Waals surface area contributed by atoms with Gasteiger partial charge in [-0.1, -0.05) is 13.8 Å². The van der Waals surface area contributed by atoms with Gasteiger partial charge in [-0.15, -0.1) is 0 Å². The van der Waals surface area contributed by atoms with Gasteiger partial charge in [-0.2, -0.15) is 0 Å². The monoisotopic (exact) mass is 243 g/mol. The molecule has 1 fully saturated rings. The van der Waals surface area contributed by atoms with E-state index < -0.39 is 5.97 Å². The van der Waals surface area contributed by atoms with Gasteiger partial charge in [0, 0.05) is 19.1 Å². The van der Waals surface area contributed by atoms with E-state index in [1.54, 1.807) is 0 Å². The zero-order chi connectivity index (χ0) is 12.7. The molecular weight excluding hydrogens is 218 g/mol. The summed E-state index contributed by atoms with van der Waals surface area (Å²) in [5, 5.41) is 12.0. The van der Waals surface area contributed by atoms with Crippen molar-refractivity contribution in [1.29, 1.82) is 0 Å². The van der Waals surface area contributed by atoms with Crippen molar-refractivity contribution in [3.05, 3.63) is 0 Å². The number of ether oxygens (including phenoxy) is 1. The van der Waals surface area contributed by atoms with Crippen molar-refractivity contribution >= 4 is 5.97 Å². The number of carboxylic acids is 1. The Morgan fingerprint density at radius 3 is 2.94 bits per heavy atom. The lowest BCUT2D eigenvalue weighted by Crippen LogP contribution is -2.45. The second kappa shape index (κ2) is 7.67. The van der Waals surface area contributed by atoms with E-state index in [2.05, 4.69) is 19.2 Å². The zero-order valence-corrected chi connectivity index (χ0v) is 10.9. The van der Waals surface area contributed by atoms with E-state index in [1.165, 1.54) is 0 Å². The Kier molecular flexibility index (Phi) is 6.52. The maximum absolute atomic E-state index is 10.4. The second-order valence-electron chi connectivity index (χ2n) is 5.24. The fraction of sp³-hybridized carbons (Fsp3) is 0.923. The Labute approximate surface area is 104 Å². The predicted molar refractivity (Wildman–Crippen MR) is 67.1 cm³/mol. The highest BCUT2D eigenvalue weighted by atomic mass is 16.5. The molecule has 4 heteroatoms. The van der Waals surface area contributed by atoms with E-state index in [0.717, 1.165) is 32.4 Å². The van der Waals surface area contributed by atoms with Crippen LogP contribution in [0.1, 0.15) is 46.0 Å². The molecule has 100 valence electrons. The molecule has 0 amide bonds. The summed E-state index contributed by atoms with van der Waals surface area (Å²) in [6.07, 6.45) is 4.57. The summed E-state index contributed by atoms with van der Waals surface area (Å²) >= 11 is 0. The lowest BCUT2D eigenvalue weighted by molar-refractivity contribution is -0.137. The number of carbonyl (C=O) groups is 1. The average molecular weight is 243 g/mol. The van der Waals surface area contributed by atoms with Crippen LogP contribution in [0.3, 0.4) is 0 Å². The van der Waals surface area contributed by atoms with Crippen LogP contribution in [0, 0.1) is 5.92 Å². The molecule has 17 heavy (non-hydrogen) atoms. The fourth-order valence-corrected chi connectivity index (χ4v) is 2.30. The summed E-state index contributed by atoms with van der Waals surface area (Å²) in [7, 11) is 0. The van der Waals surface area contributed by atoms with E-state index in [1.807, 2.05) is 0 Å². The van der Waals surface area contributed by atoms with Crippen molar-refractivity contribution in [2.24, 2.45) is 5.92 Å². The van der Waals surface area contributed by atoms with Crippen molar-refractivity contribution in [2.75, 3.05) is 13.2 Å². The quantitative estimate of drug-likeness (QED) is 0.672. The third-order valence-corrected chi connectivity index (χ3v) is 3.12. The predicted octanol–water partition coefficient (Wildman–Crippen LogP) is 2.03. The summed E-state index contributed by atoms with van der Waals surface area (Å²) < 4.78 is 5.80. The largest absolute Gasteiger partial charge is 0.481 e. The molecule has 0 aliphatic carbocycles. The number of carboxylic acid groups (broad SMARTS) is 1. The molecule has 0 radical (unpaired) electrons. The van der Waals surface area contributed by atoms with Gasteiger partial charge in [0.2, 0.25) is 0 Å². The van der Waals surface area contributed by atoms with Crippen LogP contribution in [-0.4, -0.2) is 36.4 Å². The van der Waals surface area contributed by atoms with Crippen LogP contribution in [-0.2, 0) is 9.53 Å². The molecule has 2 unspecified atom stereocenters. The molecule has 0 aromatic carbocycles. The molecule has 0 aromatic rings. The lowest BCUT2D eigenvalue weighted by atomic mass is 9.94. The van der Waals surface area contributed by atoms with E-state index in [4.69, 9.17) is 9.84 Å². The Balaban J connectivity index is 2.25. The molecule has 0 saturated carbocycles. The van der Waals surface area contributed by atoms with Gasteiger partial charge in [0.1, 0.15) is 0 Å². The number of hydrogen-bond donors (Lipinski definition) is 2. The van der Waals surface area contributed by atoms with Crippen molar-refractivity contribution in [3.63, 3.8) is 0 Å². The fourth-order valence-electron chi connectivity index (χ4n) is 2.30. The number of hydrogen-bond acceptors (Lipinski definition) is 3. The average Bonchev–Trinajstić information content (AvgIpc) is 2.25. The van der Waals surface area contributed by atoms with Crippen LogP contribution in [0.25, 0.3) is 0 Å². The minimum absolute atomic E-state index is 0.245. The third-order valence-electron chi connectivity index (χ3n) is 3.12. The highest BCUT2D eigenvalue weighted by Gasteiger charge is 2.25. The summed E-state index contributed by atoms with van der Waals surface area (Å²) in [4.78, 5) is 10.4. The van der Waals surface area contributed by atoms with E-state index in [0.29, 0.717) is 24.5 Å². The molecule has 0 spiro atoms. The van der Waals surface area contributed by atoms with Crippen molar-refractivity contribution in [1.82, 2.24) is 5.32 Å². The minimum atomic E-state index is -0.717. The van der Waals surface area contributed by atoms with Crippen LogP contribution in [0.15, 0.2) is 0 Å². The Morgan fingerprint density at radius 2 is 2.29 bits per heavy atom. The van der Waals surface area contributed by atoms with Crippen LogP contribution < -0.4 is 5.32 Å². The first kappa shape index (κ1) is 14.5. The normalized spacial score (nSPS) is 25.1. The lowest BCUT2D eigenvalue weighted by Gasteiger charge is -2.33. The molecule has 1 heterocycles. The smallest absolute Gasteiger partial charge is 0.303 e. The van der Waals surface area contributed by atoms with Crippen LogP contribution in [0.4, 0.5) is 0 Å². The highest BCUT2D eigenvalue weighted by molar-refractivity contribution is 5.66. The molecule has 1 aliphatic heterocycles. The minimum Gasteiger partial charge on any atom is -0.481 e. The second-order valence-corrected chi connectivity index (χ2v) is 5.24. The van der Waals surface area contributed by atoms with Crippen molar-refractivity contribution < 1.29 is 14.6 Å². The van der Waals surface area contributed by atoms with Gasteiger partial charge in [0.05, 0.1) is 6.10 Å². The van der Waals surface area contributed by atoms with Crippen molar-refractivity contribution in [2.45, 2.75) is 58.1 Å². The molecular formula is C13H25NO3. The third kappa shape index (κ3) is 6.03. The number of nitrogens with one attached hydrogen (secondary N) is 1. The van der Waals surface area contributed by atoms with E-state index in [9.17, 15) is 4.79 Å². The molecule has 1 saturated heterocycles. The van der Waals surface area contributed by atoms with Crippen molar-refractivity contribution in [3.8, 4) is 0 Å². The van der Waals surface area contributed by atoms with Gasteiger partial charge in [0.15, 0.2) is 0 Å². The summed E-state index contributed by atoms with van der Waals surface area (Å²) in [6, 6.07) is 0.403. The van der Waals surface area contributed by atoms with Gasteiger partial charge >= 0.3 is 5.97 Å². The molecule has 0 aromatic heterocycles. The molecule has 2 atom stereocenters. The summed E-state index contributed by atoms with van der Waals surface area (Å²) in [5.74, 6) is -0.0770. The highest BCUT2D eigenvalue weighted by Crippen LogP contribution is 2.20. The van der Waals surface area contributed by atoms with Gasteiger partial charge in [-0.3, -0.25) is 4.79 Å². The van der Waals surface area contributed by atoms with Gasteiger partial charge in [-0.25, -0.2) is 0 Å². The molecule has 2 N–H and O–H groups in total. The van der Waals surface area contributed by atoms with Crippen LogP contribution >= 0.6 is 0 Å². The van der Waals surface area contributed by atoms with Gasteiger partial charge in [0.25, 0.3) is 0 Å². The topological polar surface area (TPSA) is 58.6 Å². The maximum atomic E-state index is 10.4. The summed E-state index contributed by atoms with van der Waals surface area (Å²) in [5.41, 5.74) is 0. The Bertz CT molecular complexity index is 231. The number of rotatable bonds is 7. The SMILES string of the molecule is CC(C)CC1OCCCC1NCCCC(=O)O. The molecule has 1 aliphatic rings. The van der Waals surface area contributed by atoms with Crippen LogP contribution in [0.2, 0.25) is 0 Å². The van der Waals surface area contributed by atoms with Gasteiger partial charge in [-0.05, 0) is 38.1 Å². The summed E-state index contributed by atoms with van der Waals surface area (Å²) in [6.45, 7) is 6.05.